The summed E-state index contributed by atoms with van der Waals surface area (Å²) in [6.07, 6.45) is 0. The third kappa shape index (κ3) is 2.27. The third-order valence-electron chi connectivity index (χ3n) is 1.32. The number of carbonyl (C=O) groups excluding carboxylic acids is 2. The Kier molecular flexibility index (Phi) is 4.46. The SMILES string of the molecule is COC(=O)C(N=[N+]=[N-])(N=[N+]=[N-])C(=O)OC. The average molecular weight is 214 g/mol. The summed E-state index contributed by atoms with van der Waals surface area (Å²) < 4.78 is 8.35. The molecule has 0 bridgehead atoms. The van der Waals surface area contributed by atoms with Crippen LogP contribution in [0.3, 0.4) is 0 Å². The molecule has 0 unspecified atom stereocenters. The third-order valence-corrected chi connectivity index (χ3v) is 1.32. The molecule has 0 amide bonds. The maximum atomic E-state index is 11.2. The first-order valence-corrected chi connectivity index (χ1v) is 3.38. The van der Waals surface area contributed by atoms with Crippen molar-refractivity contribution in [1.82, 2.24) is 0 Å². The Balaban J connectivity index is 5.66. The maximum Gasteiger partial charge on any atom is 0.335 e. The van der Waals surface area contributed by atoms with Gasteiger partial charge in [0.25, 0.3) is 0 Å². The number of carbonyl (C=O) groups is 2. The molecule has 0 N–H and O–H groups in total. The number of hydrogen-bond donors (Lipinski definition) is 0. The molecule has 10 heteroatoms. The maximum absolute atomic E-state index is 11.2. The first-order valence-electron chi connectivity index (χ1n) is 3.38. The number of methoxy groups -OCH3 is 2. The fourth-order valence-corrected chi connectivity index (χ4v) is 0.681. The Labute approximate surface area is 83.0 Å². The number of ether oxygens (including phenoxy) is 2. The van der Waals surface area contributed by atoms with Gasteiger partial charge in [-0.05, 0) is 11.1 Å². The van der Waals surface area contributed by atoms with Crippen molar-refractivity contribution in [3.05, 3.63) is 20.9 Å². The van der Waals surface area contributed by atoms with Crippen molar-refractivity contribution in [2.75, 3.05) is 14.2 Å². The molecule has 80 valence electrons. The number of nitrogens with zero attached hydrogens (tertiary/aromatic N) is 6. The van der Waals surface area contributed by atoms with E-state index in [9.17, 15) is 9.59 Å². The van der Waals surface area contributed by atoms with Crippen molar-refractivity contribution in [3.8, 4) is 0 Å². The normalized spacial score (nSPS) is 9.20. The van der Waals surface area contributed by atoms with E-state index in [0.717, 1.165) is 14.2 Å². The minimum Gasteiger partial charge on any atom is -0.468 e. The van der Waals surface area contributed by atoms with E-state index in [1.165, 1.54) is 0 Å². The molecule has 0 saturated heterocycles. The van der Waals surface area contributed by atoms with E-state index in [2.05, 4.69) is 29.5 Å². The highest BCUT2D eigenvalue weighted by molar-refractivity contribution is 6.04. The molecule has 0 heterocycles. The van der Waals surface area contributed by atoms with E-state index in [1.807, 2.05) is 0 Å². The summed E-state index contributed by atoms with van der Waals surface area (Å²) >= 11 is 0. The van der Waals surface area contributed by atoms with Crippen molar-refractivity contribution in [2.24, 2.45) is 10.2 Å². The summed E-state index contributed by atoms with van der Waals surface area (Å²) in [6, 6.07) is 0. The minimum absolute atomic E-state index is 0.930. The molecule has 0 saturated carbocycles. The van der Waals surface area contributed by atoms with Crippen LogP contribution in [0.15, 0.2) is 10.2 Å². The zero-order chi connectivity index (χ0) is 11.9. The summed E-state index contributed by atoms with van der Waals surface area (Å²) in [5.74, 6) is -2.66. The van der Waals surface area contributed by atoms with Gasteiger partial charge in [0.1, 0.15) is 0 Å². The number of azide groups is 1. The topological polar surface area (TPSA) is 150 Å². The number of rotatable bonds is 4. The molecule has 0 aliphatic rings. The van der Waals surface area contributed by atoms with E-state index < -0.39 is 17.6 Å². The molecule has 0 aliphatic carbocycles. The van der Waals surface area contributed by atoms with Crippen LogP contribution in [0.5, 0.6) is 0 Å². The molecule has 0 aliphatic heterocycles. The Hall–Kier alpha value is -2.44. The molecule has 0 rings (SSSR count). The van der Waals surface area contributed by atoms with Gasteiger partial charge in [0, 0.05) is 9.82 Å². The summed E-state index contributed by atoms with van der Waals surface area (Å²) in [5, 5.41) is 5.60. The lowest BCUT2D eigenvalue weighted by atomic mass is 10.2. The van der Waals surface area contributed by atoms with Crippen molar-refractivity contribution in [2.45, 2.75) is 5.66 Å². The highest BCUT2D eigenvalue weighted by atomic mass is 16.5. The second-order valence-corrected chi connectivity index (χ2v) is 2.03. The highest BCUT2D eigenvalue weighted by Crippen LogP contribution is 2.18. The highest BCUT2D eigenvalue weighted by Gasteiger charge is 2.48. The van der Waals surface area contributed by atoms with E-state index in [4.69, 9.17) is 11.1 Å². The zero-order valence-corrected chi connectivity index (χ0v) is 7.82. The molecule has 0 atom stereocenters. The van der Waals surface area contributed by atoms with Crippen molar-refractivity contribution >= 4 is 11.9 Å². The zero-order valence-electron chi connectivity index (χ0n) is 7.82. The molecular weight excluding hydrogens is 208 g/mol. The van der Waals surface area contributed by atoms with Gasteiger partial charge in [0.15, 0.2) is 0 Å². The molecule has 0 radical (unpaired) electrons. The fraction of sp³-hybridized carbons (Fsp3) is 0.600. The number of esters is 2. The lowest BCUT2D eigenvalue weighted by Crippen LogP contribution is -2.44. The molecule has 15 heavy (non-hydrogen) atoms. The Morgan fingerprint density at radius 1 is 1.07 bits per heavy atom. The largest absolute Gasteiger partial charge is 0.468 e. The van der Waals surface area contributed by atoms with Crippen molar-refractivity contribution in [3.63, 3.8) is 0 Å². The lowest BCUT2D eigenvalue weighted by Gasteiger charge is -2.16. The molecule has 0 spiro atoms. The van der Waals surface area contributed by atoms with Gasteiger partial charge in [0.2, 0.25) is 0 Å². The smallest absolute Gasteiger partial charge is 0.335 e. The molecule has 0 aromatic rings. The first-order chi connectivity index (χ1) is 7.08. The predicted molar refractivity (Wildman–Crippen MR) is 45.1 cm³/mol. The summed E-state index contributed by atoms with van der Waals surface area (Å²) in [7, 11) is 1.86. The molecule has 10 nitrogen and oxygen atoms in total. The van der Waals surface area contributed by atoms with Gasteiger partial charge in [-0.25, -0.2) is 0 Å². The summed E-state index contributed by atoms with van der Waals surface area (Å²) in [4.78, 5) is 26.8. The van der Waals surface area contributed by atoms with E-state index in [-0.39, 0.29) is 0 Å². The lowest BCUT2D eigenvalue weighted by molar-refractivity contribution is -0.160. The van der Waals surface area contributed by atoms with Crippen LogP contribution in [0.25, 0.3) is 20.9 Å². The summed E-state index contributed by atoms with van der Waals surface area (Å²) in [5.41, 5.74) is 13.7. The van der Waals surface area contributed by atoms with Gasteiger partial charge < -0.3 is 9.47 Å². The van der Waals surface area contributed by atoms with Crippen molar-refractivity contribution in [1.29, 1.82) is 0 Å². The molecule has 0 aromatic heterocycles. The van der Waals surface area contributed by atoms with Gasteiger partial charge in [-0.2, -0.15) is 0 Å². The quantitative estimate of drug-likeness (QED) is 0.222. The van der Waals surface area contributed by atoms with Crippen LogP contribution in [0, 0.1) is 0 Å². The van der Waals surface area contributed by atoms with Crippen LogP contribution >= 0.6 is 0 Å². The Morgan fingerprint density at radius 3 is 1.60 bits per heavy atom. The van der Waals surface area contributed by atoms with Gasteiger partial charge in [0.05, 0.1) is 14.2 Å². The van der Waals surface area contributed by atoms with E-state index in [0.29, 0.717) is 0 Å². The van der Waals surface area contributed by atoms with Gasteiger partial charge >= 0.3 is 17.6 Å². The standard InChI is InChI=1S/C5H6N6O4/c1-14-3(12)5(8-10-6,9-11-7)4(13)15-2/h1-2H3. The van der Waals surface area contributed by atoms with Crippen LogP contribution in [0.1, 0.15) is 0 Å². The minimum atomic E-state index is -2.69. The van der Waals surface area contributed by atoms with Gasteiger partial charge in [-0.1, -0.05) is 10.2 Å². The second-order valence-electron chi connectivity index (χ2n) is 2.03. The monoisotopic (exact) mass is 214 g/mol. The Morgan fingerprint density at radius 2 is 1.40 bits per heavy atom. The predicted octanol–water partition coefficient (Wildman–Crippen LogP) is 0.649. The molecular formula is C5H6N6O4. The van der Waals surface area contributed by atoms with E-state index in [1.54, 1.807) is 0 Å². The second kappa shape index (κ2) is 5.32. The van der Waals surface area contributed by atoms with Crippen LogP contribution < -0.4 is 0 Å². The van der Waals surface area contributed by atoms with Gasteiger partial charge in [-0.15, -0.1) is 0 Å². The van der Waals surface area contributed by atoms with E-state index >= 15 is 0 Å². The fourth-order valence-electron chi connectivity index (χ4n) is 0.681. The van der Waals surface area contributed by atoms with Crippen LogP contribution in [-0.4, -0.2) is 31.8 Å². The van der Waals surface area contributed by atoms with Gasteiger partial charge in [-0.3, -0.25) is 9.59 Å². The number of hydrogen-bond acceptors (Lipinski definition) is 6. The molecule has 0 fully saturated rings. The summed E-state index contributed by atoms with van der Waals surface area (Å²) in [6.45, 7) is 0. The van der Waals surface area contributed by atoms with Crippen LogP contribution in [0.4, 0.5) is 0 Å². The van der Waals surface area contributed by atoms with Crippen molar-refractivity contribution < 1.29 is 19.1 Å². The Bertz CT molecular complexity index is 330. The molecule has 0 aromatic carbocycles. The van der Waals surface area contributed by atoms with Crippen LogP contribution in [0.2, 0.25) is 0 Å². The average Bonchev–Trinajstić information content (AvgIpc) is 2.26. The first kappa shape index (κ1) is 12.6. The van der Waals surface area contributed by atoms with Crippen LogP contribution in [-0.2, 0) is 19.1 Å².